The number of aromatic nitrogens is 1. The van der Waals surface area contributed by atoms with Gasteiger partial charge in [-0.1, -0.05) is 12.1 Å². The van der Waals surface area contributed by atoms with Gasteiger partial charge in [-0.15, -0.1) is 0 Å². The molecule has 0 saturated carbocycles. The number of pyridine rings is 1. The van der Waals surface area contributed by atoms with Gasteiger partial charge in [-0.2, -0.15) is 0 Å². The normalized spacial score (nSPS) is 15.0. The van der Waals surface area contributed by atoms with Gasteiger partial charge in [0.15, 0.2) is 0 Å². The van der Waals surface area contributed by atoms with E-state index in [1.807, 2.05) is 12.1 Å². The van der Waals surface area contributed by atoms with E-state index in [9.17, 15) is 12.8 Å². The van der Waals surface area contributed by atoms with Crippen LogP contribution in [0.25, 0.3) is 0 Å². The molecule has 5 nitrogen and oxygen atoms in total. The molecule has 1 fully saturated rings. The highest BCUT2D eigenvalue weighted by molar-refractivity contribution is 7.89. The lowest BCUT2D eigenvalue weighted by molar-refractivity contribution is 0.576. The molecular weight excluding hydrogens is 329 g/mol. The summed E-state index contributed by atoms with van der Waals surface area (Å²) in [7, 11) is -3.75. The quantitative estimate of drug-likeness (QED) is 0.901. The van der Waals surface area contributed by atoms with Crippen LogP contribution in [0.3, 0.4) is 0 Å². The number of aryl methyl sites for hydroxylation is 1. The molecular formula is C17H20FN3O2S. The van der Waals surface area contributed by atoms with Crippen LogP contribution in [0.4, 0.5) is 10.2 Å². The molecule has 3 rings (SSSR count). The van der Waals surface area contributed by atoms with E-state index in [1.54, 1.807) is 13.1 Å². The van der Waals surface area contributed by atoms with Gasteiger partial charge in [0.25, 0.3) is 0 Å². The number of nitrogens with one attached hydrogen (secondary N) is 1. The summed E-state index contributed by atoms with van der Waals surface area (Å²) in [5.74, 6) is 0.384. The van der Waals surface area contributed by atoms with Gasteiger partial charge in [-0.05, 0) is 49.1 Å². The molecule has 1 aromatic carbocycles. The van der Waals surface area contributed by atoms with Gasteiger partial charge in [0.1, 0.15) is 11.6 Å². The van der Waals surface area contributed by atoms with Gasteiger partial charge in [-0.25, -0.2) is 22.5 Å². The van der Waals surface area contributed by atoms with E-state index < -0.39 is 15.8 Å². The minimum atomic E-state index is -3.75. The lowest BCUT2D eigenvalue weighted by Gasteiger charge is -2.16. The maximum absolute atomic E-state index is 13.6. The van der Waals surface area contributed by atoms with Crippen molar-refractivity contribution in [2.45, 2.75) is 31.2 Å². The van der Waals surface area contributed by atoms with Crippen LogP contribution in [0.2, 0.25) is 0 Å². The van der Waals surface area contributed by atoms with Gasteiger partial charge < -0.3 is 4.90 Å². The highest BCUT2D eigenvalue weighted by Crippen LogP contribution is 2.18. The molecule has 0 atom stereocenters. The predicted octanol–water partition coefficient (Wildman–Crippen LogP) is 2.61. The molecule has 0 radical (unpaired) electrons. The van der Waals surface area contributed by atoms with Crippen molar-refractivity contribution in [3.05, 3.63) is 53.5 Å². The Bertz CT molecular complexity index is 816. The van der Waals surface area contributed by atoms with E-state index in [0.717, 1.165) is 30.5 Å². The van der Waals surface area contributed by atoms with Crippen LogP contribution >= 0.6 is 0 Å². The second-order valence-electron chi connectivity index (χ2n) is 5.95. The van der Waals surface area contributed by atoms with Crippen molar-refractivity contribution in [2.24, 2.45) is 0 Å². The molecule has 1 aliphatic rings. The lowest BCUT2D eigenvalue weighted by Crippen LogP contribution is -2.24. The molecule has 1 N–H and O–H groups in total. The zero-order valence-electron chi connectivity index (χ0n) is 13.5. The minimum Gasteiger partial charge on any atom is -0.357 e. The number of anilines is 1. The summed E-state index contributed by atoms with van der Waals surface area (Å²) >= 11 is 0. The molecule has 1 saturated heterocycles. The second kappa shape index (κ2) is 6.86. The third-order valence-electron chi connectivity index (χ3n) is 4.16. The Hall–Kier alpha value is -1.99. The predicted molar refractivity (Wildman–Crippen MR) is 90.8 cm³/mol. The number of benzene rings is 1. The van der Waals surface area contributed by atoms with E-state index in [-0.39, 0.29) is 11.4 Å². The van der Waals surface area contributed by atoms with Gasteiger partial charge in [0.05, 0.1) is 4.90 Å². The Morgan fingerprint density at radius 1 is 1.21 bits per heavy atom. The molecule has 0 unspecified atom stereocenters. The van der Waals surface area contributed by atoms with Crippen molar-refractivity contribution >= 4 is 15.8 Å². The van der Waals surface area contributed by atoms with Crippen LogP contribution in [0.15, 0.2) is 41.4 Å². The molecule has 1 aromatic heterocycles. The smallest absolute Gasteiger partial charge is 0.240 e. The van der Waals surface area contributed by atoms with Gasteiger partial charge in [0, 0.05) is 25.8 Å². The zero-order chi connectivity index (χ0) is 17.2. The summed E-state index contributed by atoms with van der Waals surface area (Å²) in [5.41, 5.74) is 1.17. The molecule has 0 amide bonds. The first kappa shape index (κ1) is 16.9. The summed E-state index contributed by atoms with van der Waals surface area (Å²) in [6.07, 6.45) is 4.03. The molecule has 2 heterocycles. The van der Waals surface area contributed by atoms with E-state index >= 15 is 0 Å². The molecule has 1 aliphatic heterocycles. The van der Waals surface area contributed by atoms with Crippen LogP contribution in [-0.2, 0) is 16.6 Å². The van der Waals surface area contributed by atoms with Gasteiger partial charge >= 0.3 is 0 Å². The van der Waals surface area contributed by atoms with E-state index in [4.69, 9.17) is 0 Å². The minimum absolute atomic E-state index is 0.0766. The van der Waals surface area contributed by atoms with E-state index in [2.05, 4.69) is 14.6 Å². The number of nitrogens with zero attached hydrogens (tertiary/aromatic N) is 2. The third-order valence-corrected chi connectivity index (χ3v) is 5.56. The molecule has 24 heavy (non-hydrogen) atoms. The lowest BCUT2D eigenvalue weighted by atomic mass is 10.2. The molecule has 2 aromatic rings. The fourth-order valence-corrected chi connectivity index (χ4v) is 3.69. The summed E-state index contributed by atoms with van der Waals surface area (Å²) in [6, 6.07) is 7.65. The van der Waals surface area contributed by atoms with Crippen molar-refractivity contribution in [1.29, 1.82) is 0 Å². The number of rotatable bonds is 5. The second-order valence-corrected chi connectivity index (χ2v) is 7.72. The van der Waals surface area contributed by atoms with Crippen LogP contribution < -0.4 is 9.62 Å². The Morgan fingerprint density at radius 2 is 1.96 bits per heavy atom. The summed E-state index contributed by atoms with van der Waals surface area (Å²) in [6.45, 7) is 3.73. The first-order chi connectivity index (χ1) is 11.5. The first-order valence-corrected chi connectivity index (χ1v) is 9.40. The highest BCUT2D eigenvalue weighted by Gasteiger charge is 2.16. The first-order valence-electron chi connectivity index (χ1n) is 7.91. The van der Waals surface area contributed by atoms with Crippen LogP contribution in [0.1, 0.15) is 24.0 Å². The summed E-state index contributed by atoms with van der Waals surface area (Å²) < 4.78 is 40.5. The maximum Gasteiger partial charge on any atom is 0.240 e. The third kappa shape index (κ3) is 3.73. The van der Waals surface area contributed by atoms with Crippen molar-refractivity contribution in [3.63, 3.8) is 0 Å². The topological polar surface area (TPSA) is 62.3 Å². The Balaban J connectivity index is 1.66. The standard InChI is InChI=1S/C17H20FN3O2S/c1-13-4-6-15(10-16(13)18)24(22,23)20-12-14-5-7-17(19-11-14)21-8-2-3-9-21/h4-7,10-11,20H,2-3,8-9,12H2,1H3. The fourth-order valence-electron chi connectivity index (χ4n) is 2.66. The van der Waals surface area contributed by atoms with Crippen molar-refractivity contribution in [3.8, 4) is 0 Å². The number of hydrogen-bond acceptors (Lipinski definition) is 4. The number of hydrogen-bond donors (Lipinski definition) is 1. The van der Waals surface area contributed by atoms with Crippen molar-refractivity contribution in [1.82, 2.24) is 9.71 Å². The number of sulfonamides is 1. The average Bonchev–Trinajstić information content (AvgIpc) is 3.10. The SMILES string of the molecule is Cc1ccc(S(=O)(=O)NCc2ccc(N3CCCC3)nc2)cc1F. The largest absolute Gasteiger partial charge is 0.357 e. The summed E-state index contributed by atoms with van der Waals surface area (Å²) in [4.78, 5) is 6.53. The van der Waals surface area contributed by atoms with Crippen LogP contribution in [0.5, 0.6) is 0 Å². The van der Waals surface area contributed by atoms with Crippen LogP contribution in [-0.4, -0.2) is 26.5 Å². The fraction of sp³-hybridized carbons (Fsp3) is 0.353. The molecule has 128 valence electrons. The Labute approximate surface area is 141 Å². The zero-order valence-corrected chi connectivity index (χ0v) is 14.3. The highest BCUT2D eigenvalue weighted by atomic mass is 32.2. The maximum atomic E-state index is 13.6. The van der Waals surface area contributed by atoms with Crippen LogP contribution in [0, 0.1) is 12.7 Å². The van der Waals surface area contributed by atoms with Crippen molar-refractivity contribution in [2.75, 3.05) is 18.0 Å². The van der Waals surface area contributed by atoms with Gasteiger partial charge in [-0.3, -0.25) is 0 Å². The molecule has 0 spiro atoms. The number of halogens is 1. The van der Waals surface area contributed by atoms with Crippen molar-refractivity contribution < 1.29 is 12.8 Å². The Morgan fingerprint density at radius 3 is 2.58 bits per heavy atom. The van der Waals surface area contributed by atoms with Gasteiger partial charge in [0.2, 0.25) is 10.0 Å². The average molecular weight is 349 g/mol. The molecule has 7 heteroatoms. The summed E-state index contributed by atoms with van der Waals surface area (Å²) in [5, 5.41) is 0. The molecule has 0 aliphatic carbocycles. The van der Waals surface area contributed by atoms with E-state index in [1.165, 1.54) is 25.0 Å². The monoisotopic (exact) mass is 349 g/mol. The Kier molecular flexibility index (Phi) is 4.82. The van der Waals surface area contributed by atoms with E-state index in [0.29, 0.717) is 5.56 Å². The molecule has 0 bridgehead atoms.